The highest BCUT2D eigenvalue weighted by molar-refractivity contribution is 6.39. The van der Waals surface area contributed by atoms with Crippen molar-refractivity contribution in [2.45, 2.75) is 38.1 Å². The maximum Gasteiger partial charge on any atom is 0.313 e. The highest BCUT2D eigenvalue weighted by atomic mass is 16.3. The third-order valence-electron chi connectivity index (χ3n) is 5.06. The Morgan fingerprint density at radius 3 is 2.79 bits per heavy atom. The monoisotopic (exact) mass is 331 g/mol. The van der Waals surface area contributed by atoms with Gasteiger partial charge in [-0.25, -0.2) is 0 Å². The van der Waals surface area contributed by atoms with Crippen molar-refractivity contribution in [3.8, 4) is 5.75 Å². The summed E-state index contributed by atoms with van der Waals surface area (Å²) in [5, 5.41) is 14.7. The molecular weight excluding hydrogens is 306 g/mol. The average molecular weight is 331 g/mol. The Kier molecular flexibility index (Phi) is 5.35. The molecule has 1 aromatic carbocycles. The predicted molar refractivity (Wildman–Crippen MR) is 91.7 cm³/mol. The van der Waals surface area contributed by atoms with Gasteiger partial charge in [-0.3, -0.25) is 9.59 Å². The van der Waals surface area contributed by atoms with Gasteiger partial charge < -0.3 is 20.6 Å². The van der Waals surface area contributed by atoms with Crippen LogP contribution in [0.15, 0.2) is 24.3 Å². The van der Waals surface area contributed by atoms with Crippen LogP contribution in [0.3, 0.4) is 0 Å². The second kappa shape index (κ2) is 7.66. The van der Waals surface area contributed by atoms with E-state index >= 15 is 0 Å². The number of nitrogens with zero attached hydrogens (tertiary/aromatic N) is 1. The van der Waals surface area contributed by atoms with Crippen molar-refractivity contribution in [1.82, 2.24) is 10.2 Å². The summed E-state index contributed by atoms with van der Waals surface area (Å²) < 4.78 is 0. The number of phenols is 1. The largest absolute Gasteiger partial charge is 0.508 e. The van der Waals surface area contributed by atoms with E-state index in [1.807, 2.05) is 0 Å². The van der Waals surface area contributed by atoms with E-state index in [1.54, 1.807) is 12.1 Å². The molecule has 0 radical (unpaired) electrons. The summed E-state index contributed by atoms with van der Waals surface area (Å²) in [5.41, 5.74) is 0.409. The number of hydrogen-bond acceptors (Lipinski definition) is 4. The van der Waals surface area contributed by atoms with Gasteiger partial charge in [-0.2, -0.15) is 0 Å². The van der Waals surface area contributed by atoms with Gasteiger partial charge in [0.15, 0.2) is 0 Å². The molecule has 2 amide bonds. The minimum Gasteiger partial charge on any atom is -0.508 e. The maximum absolute atomic E-state index is 12.0. The molecule has 0 aliphatic carbocycles. The van der Waals surface area contributed by atoms with E-state index in [9.17, 15) is 14.7 Å². The number of benzene rings is 1. The summed E-state index contributed by atoms with van der Waals surface area (Å²) in [6.45, 7) is 2.87. The number of carbonyl (C=O) groups is 2. The summed E-state index contributed by atoms with van der Waals surface area (Å²) in [6, 6.07) is 6.71. The van der Waals surface area contributed by atoms with Crippen molar-refractivity contribution in [1.29, 1.82) is 0 Å². The van der Waals surface area contributed by atoms with E-state index in [-0.39, 0.29) is 5.75 Å². The second-order valence-electron chi connectivity index (χ2n) is 6.72. The first-order chi connectivity index (χ1) is 11.6. The lowest BCUT2D eigenvalue weighted by molar-refractivity contribution is -0.136. The summed E-state index contributed by atoms with van der Waals surface area (Å²) in [4.78, 5) is 26.5. The summed E-state index contributed by atoms with van der Waals surface area (Å²) >= 11 is 0. The number of carbonyl (C=O) groups excluding carboxylic acids is 2. The first-order valence-electron chi connectivity index (χ1n) is 8.76. The fraction of sp³-hybridized carbons (Fsp3) is 0.556. The van der Waals surface area contributed by atoms with Gasteiger partial charge in [-0.1, -0.05) is 12.5 Å². The molecule has 0 saturated carbocycles. The number of phenolic OH excluding ortho intramolecular Hbond substituents is 1. The summed E-state index contributed by atoms with van der Waals surface area (Å²) in [7, 11) is 0. The number of nitrogens with one attached hydrogen (secondary N) is 2. The van der Waals surface area contributed by atoms with Crippen LogP contribution in [0.4, 0.5) is 5.69 Å². The highest BCUT2D eigenvalue weighted by Crippen LogP contribution is 2.30. The van der Waals surface area contributed by atoms with Crippen LogP contribution in [-0.2, 0) is 9.59 Å². The van der Waals surface area contributed by atoms with Crippen molar-refractivity contribution in [3.63, 3.8) is 0 Å². The molecule has 2 aliphatic heterocycles. The zero-order valence-corrected chi connectivity index (χ0v) is 13.8. The molecule has 1 aromatic rings. The Balaban J connectivity index is 1.50. The van der Waals surface area contributed by atoms with E-state index in [0.717, 1.165) is 25.9 Å². The lowest BCUT2D eigenvalue weighted by Crippen LogP contribution is -2.51. The zero-order chi connectivity index (χ0) is 16.9. The van der Waals surface area contributed by atoms with Gasteiger partial charge in [-0.15, -0.1) is 0 Å². The average Bonchev–Trinajstić information content (AvgIpc) is 2.59. The Morgan fingerprint density at radius 1 is 1.12 bits per heavy atom. The van der Waals surface area contributed by atoms with Gasteiger partial charge in [0.2, 0.25) is 0 Å². The van der Waals surface area contributed by atoms with Crippen LogP contribution < -0.4 is 10.6 Å². The van der Waals surface area contributed by atoms with Crippen molar-refractivity contribution in [2.24, 2.45) is 5.92 Å². The molecule has 2 atom stereocenters. The fourth-order valence-corrected chi connectivity index (χ4v) is 3.89. The molecule has 0 unspecified atom stereocenters. The second-order valence-corrected chi connectivity index (χ2v) is 6.72. The highest BCUT2D eigenvalue weighted by Gasteiger charge is 2.33. The molecule has 2 saturated heterocycles. The van der Waals surface area contributed by atoms with Gasteiger partial charge >= 0.3 is 11.8 Å². The van der Waals surface area contributed by atoms with E-state index in [4.69, 9.17) is 0 Å². The molecule has 130 valence electrons. The molecule has 2 aliphatic rings. The van der Waals surface area contributed by atoms with Gasteiger partial charge in [0, 0.05) is 24.3 Å². The van der Waals surface area contributed by atoms with Crippen LogP contribution >= 0.6 is 0 Å². The minimum atomic E-state index is -0.697. The molecule has 3 rings (SSSR count). The van der Waals surface area contributed by atoms with Gasteiger partial charge in [-0.05, 0) is 56.8 Å². The topological polar surface area (TPSA) is 81.7 Å². The summed E-state index contributed by atoms with van der Waals surface area (Å²) in [6.07, 6.45) is 5.98. The molecule has 2 heterocycles. The molecule has 6 nitrogen and oxygen atoms in total. The number of aromatic hydroxyl groups is 1. The van der Waals surface area contributed by atoms with Crippen molar-refractivity contribution in [3.05, 3.63) is 24.3 Å². The van der Waals surface area contributed by atoms with E-state index in [2.05, 4.69) is 15.5 Å². The molecular formula is C18H25N3O3. The Hall–Kier alpha value is -2.08. The Bertz CT molecular complexity index is 603. The molecule has 6 heteroatoms. The maximum atomic E-state index is 12.0. The third-order valence-corrected chi connectivity index (χ3v) is 5.06. The van der Waals surface area contributed by atoms with E-state index < -0.39 is 11.8 Å². The predicted octanol–water partition coefficient (Wildman–Crippen LogP) is 1.71. The number of hydrogen-bond donors (Lipinski definition) is 3. The van der Waals surface area contributed by atoms with Crippen LogP contribution in [0.5, 0.6) is 5.75 Å². The van der Waals surface area contributed by atoms with Crippen molar-refractivity contribution in [2.75, 3.05) is 25.0 Å². The van der Waals surface area contributed by atoms with Crippen LogP contribution in [-0.4, -0.2) is 47.5 Å². The molecule has 0 spiro atoms. The Labute approximate surface area is 142 Å². The quantitative estimate of drug-likeness (QED) is 0.737. The molecule has 2 fully saturated rings. The molecule has 0 aromatic heterocycles. The fourth-order valence-electron chi connectivity index (χ4n) is 3.89. The third kappa shape index (κ3) is 4.06. The van der Waals surface area contributed by atoms with Crippen LogP contribution in [0.25, 0.3) is 0 Å². The SMILES string of the molecule is O=C(NC[C@@H]1CCCN2CCCC[C@@H]12)C(=O)Nc1cccc(O)c1. The number of rotatable bonds is 3. The molecule has 0 bridgehead atoms. The lowest BCUT2D eigenvalue weighted by Gasteiger charge is -2.44. The van der Waals surface area contributed by atoms with Crippen molar-refractivity contribution >= 4 is 17.5 Å². The minimum absolute atomic E-state index is 0.0489. The first-order valence-corrected chi connectivity index (χ1v) is 8.76. The smallest absolute Gasteiger partial charge is 0.313 e. The van der Waals surface area contributed by atoms with Crippen LogP contribution in [0, 0.1) is 5.92 Å². The molecule has 24 heavy (non-hydrogen) atoms. The van der Waals surface area contributed by atoms with Crippen LogP contribution in [0.1, 0.15) is 32.1 Å². The van der Waals surface area contributed by atoms with E-state index in [1.165, 1.54) is 31.4 Å². The van der Waals surface area contributed by atoms with Crippen LogP contribution in [0.2, 0.25) is 0 Å². The van der Waals surface area contributed by atoms with Gasteiger partial charge in [0.05, 0.1) is 0 Å². The van der Waals surface area contributed by atoms with Crippen molar-refractivity contribution < 1.29 is 14.7 Å². The normalized spacial score (nSPS) is 24.0. The molecule has 3 N–H and O–H groups in total. The van der Waals surface area contributed by atoms with Gasteiger partial charge in [0.25, 0.3) is 0 Å². The zero-order valence-electron chi connectivity index (χ0n) is 13.8. The number of anilines is 1. The lowest BCUT2D eigenvalue weighted by atomic mass is 9.83. The Morgan fingerprint density at radius 2 is 1.96 bits per heavy atom. The summed E-state index contributed by atoms with van der Waals surface area (Å²) in [5.74, 6) is -0.840. The number of amides is 2. The van der Waals surface area contributed by atoms with Gasteiger partial charge in [0.1, 0.15) is 5.75 Å². The number of fused-ring (bicyclic) bond motifs is 1. The van der Waals surface area contributed by atoms with E-state index in [0.29, 0.717) is 24.2 Å². The standard InChI is InChI=1S/C18H25N3O3/c22-15-7-3-6-14(11-15)20-18(24)17(23)19-12-13-5-4-10-21-9-2-1-8-16(13)21/h3,6-7,11,13,16,22H,1-2,4-5,8-10,12H2,(H,19,23)(H,20,24)/t13-,16-/m0/s1. The number of piperidine rings is 2. The first kappa shape index (κ1) is 16.8.